The number of nitrogens with one attached hydrogen (secondary N) is 1. The average Bonchev–Trinajstić information content (AvgIpc) is 2.15. The van der Waals surface area contributed by atoms with Gasteiger partial charge < -0.3 is 11.1 Å². The number of benzene rings is 1. The molecule has 6 heteroatoms. The minimum Gasteiger partial charge on any atom is -0.352 e. The molecule has 0 aliphatic rings. The highest BCUT2D eigenvalue weighted by Crippen LogP contribution is 2.09. The molecule has 1 amide bonds. The zero-order valence-electron chi connectivity index (χ0n) is 9.37. The van der Waals surface area contributed by atoms with Crippen LogP contribution in [0.3, 0.4) is 0 Å². The number of hydrogen-bond donors (Lipinski definition) is 2. The van der Waals surface area contributed by atoms with Crippen LogP contribution in [0.25, 0.3) is 0 Å². The van der Waals surface area contributed by atoms with Crippen molar-refractivity contribution in [1.29, 1.82) is 0 Å². The van der Waals surface area contributed by atoms with Crippen molar-refractivity contribution in [2.45, 2.75) is 25.9 Å². The summed E-state index contributed by atoms with van der Waals surface area (Å²) in [6, 6.07) is 3.00. The maximum absolute atomic E-state index is 13.1. The fourth-order valence-corrected chi connectivity index (χ4v) is 1.22. The lowest BCUT2D eigenvalue weighted by Crippen LogP contribution is -2.29. The van der Waals surface area contributed by atoms with Crippen molar-refractivity contribution in [3.8, 4) is 0 Å². The van der Waals surface area contributed by atoms with E-state index in [2.05, 4.69) is 5.32 Å². The Balaban J connectivity index is 0.00000256. The van der Waals surface area contributed by atoms with Crippen LogP contribution in [-0.4, -0.2) is 11.9 Å². The third kappa shape index (κ3) is 5.60. The second kappa shape index (κ2) is 7.19. The van der Waals surface area contributed by atoms with Crippen molar-refractivity contribution in [1.82, 2.24) is 5.32 Å². The van der Waals surface area contributed by atoms with E-state index < -0.39 is 11.6 Å². The van der Waals surface area contributed by atoms with Crippen LogP contribution in [-0.2, 0) is 11.3 Å². The lowest BCUT2D eigenvalue weighted by Gasteiger charge is -2.07. The molecule has 0 aliphatic heterocycles. The van der Waals surface area contributed by atoms with Gasteiger partial charge in [-0.15, -0.1) is 12.4 Å². The fraction of sp³-hybridized carbons (Fsp3) is 0.364. The first-order valence-corrected chi connectivity index (χ1v) is 4.95. The van der Waals surface area contributed by atoms with E-state index >= 15 is 0 Å². The average molecular weight is 265 g/mol. The predicted octanol–water partition coefficient (Wildman–Crippen LogP) is 1.74. The molecular weight excluding hydrogens is 250 g/mol. The number of halogens is 3. The van der Waals surface area contributed by atoms with Gasteiger partial charge in [0.15, 0.2) is 0 Å². The molecular formula is C11H15ClF2N2O. The van der Waals surface area contributed by atoms with Crippen molar-refractivity contribution < 1.29 is 13.6 Å². The lowest BCUT2D eigenvalue weighted by atomic mass is 10.2. The summed E-state index contributed by atoms with van der Waals surface area (Å²) in [5, 5.41) is 2.51. The van der Waals surface area contributed by atoms with Crippen LogP contribution in [0, 0.1) is 11.6 Å². The van der Waals surface area contributed by atoms with E-state index in [-0.39, 0.29) is 42.9 Å². The molecule has 3 nitrogen and oxygen atoms in total. The molecule has 1 rings (SSSR count). The molecule has 3 N–H and O–H groups in total. The minimum atomic E-state index is -0.666. The summed E-state index contributed by atoms with van der Waals surface area (Å²) in [4.78, 5) is 11.2. The van der Waals surface area contributed by atoms with Gasteiger partial charge in [-0.3, -0.25) is 4.79 Å². The van der Waals surface area contributed by atoms with E-state index in [1.54, 1.807) is 6.92 Å². The second-order valence-corrected chi connectivity index (χ2v) is 3.69. The van der Waals surface area contributed by atoms with E-state index in [9.17, 15) is 13.6 Å². The van der Waals surface area contributed by atoms with E-state index in [0.29, 0.717) is 0 Å². The molecule has 0 radical (unpaired) electrons. The van der Waals surface area contributed by atoms with Crippen LogP contribution in [0.2, 0.25) is 0 Å². The molecule has 96 valence electrons. The van der Waals surface area contributed by atoms with Crippen LogP contribution in [0.1, 0.15) is 18.9 Å². The molecule has 0 bridgehead atoms. The molecule has 0 heterocycles. The van der Waals surface area contributed by atoms with Crippen LogP contribution in [0.15, 0.2) is 18.2 Å². The van der Waals surface area contributed by atoms with Crippen LogP contribution in [0.4, 0.5) is 8.78 Å². The largest absolute Gasteiger partial charge is 0.352 e. The molecule has 0 fully saturated rings. The smallest absolute Gasteiger partial charge is 0.221 e. The van der Waals surface area contributed by atoms with Crippen molar-refractivity contribution >= 4 is 18.3 Å². The van der Waals surface area contributed by atoms with Gasteiger partial charge in [-0.1, -0.05) is 6.07 Å². The number of carbonyl (C=O) groups is 1. The quantitative estimate of drug-likeness (QED) is 0.870. The normalized spacial score (nSPS) is 11.5. The summed E-state index contributed by atoms with van der Waals surface area (Å²) < 4.78 is 25.7. The second-order valence-electron chi connectivity index (χ2n) is 3.69. The minimum absolute atomic E-state index is 0. The number of rotatable bonds is 4. The first-order valence-electron chi connectivity index (χ1n) is 4.95. The van der Waals surface area contributed by atoms with Crippen LogP contribution < -0.4 is 11.1 Å². The van der Waals surface area contributed by atoms with Gasteiger partial charge in [-0.25, -0.2) is 8.78 Å². The SMILES string of the molecule is CC(N)CC(=O)NCc1ccc(F)cc1F.Cl. The van der Waals surface area contributed by atoms with Gasteiger partial charge in [0.1, 0.15) is 11.6 Å². The van der Waals surface area contributed by atoms with Gasteiger partial charge in [0.25, 0.3) is 0 Å². The zero-order valence-corrected chi connectivity index (χ0v) is 10.2. The molecule has 0 saturated heterocycles. The molecule has 0 saturated carbocycles. The van der Waals surface area contributed by atoms with Gasteiger partial charge in [0.05, 0.1) is 0 Å². The Morgan fingerprint density at radius 2 is 2.12 bits per heavy atom. The number of carbonyl (C=O) groups excluding carboxylic acids is 1. The maximum Gasteiger partial charge on any atom is 0.221 e. The maximum atomic E-state index is 13.1. The molecule has 0 spiro atoms. The molecule has 0 aromatic heterocycles. The Kier molecular flexibility index (Phi) is 6.68. The third-order valence-corrected chi connectivity index (χ3v) is 2.00. The summed E-state index contributed by atoms with van der Waals surface area (Å²) >= 11 is 0. The topological polar surface area (TPSA) is 55.1 Å². The first kappa shape index (κ1) is 15.8. The number of amides is 1. The monoisotopic (exact) mass is 264 g/mol. The molecule has 1 unspecified atom stereocenters. The van der Waals surface area contributed by atoms with Gasteiger partial charge >= 0.3 is 0 Å². The Morgan fingerprint density at radius 3 is 2.65 bits per heavy atom. The number of hydrogen-bond acceptors (Lipinski definition) is 2. The Bertz CT molecular complexity index is 386. The molecule has 0 aliphatic carbocycles. The highest BCUT2D eigenvalue weighted by atomic mass is 35.5. The van der Waals surface area contributed by atoms with Crippen LogP contribution >= 0.6 is 12.4 Å². The Labute approximate surface area is 105 Å². The van der Waals surface area contributed by atoms with Gasteiger partial charge in [-0.05, 0) is 13.0 Å². The highest BCUT2D eigenvalue weighted by molar-refractivity contribution is 5.85. The Morgan fingerprint density at radius 1 is 1.47 bits per heavy atom. The van der Waals surface area contributed by atoms with Crippen molar-refractivity contribution in [3.63, 3.8) is 0 Å². The molecule has 1 aromatic rings. The summed E-state index contributed by atoms with van der Waals surface area (Å²) in [5.74, 6) is -1.55. The van der Waals surface area contributed by atoms with Gasteiger partial charge in [0, 0.05) is 30.6 Å². The molecule has 1 atom stereocenters. The fourth-order valence-electron chi connectivity index (χ4n) is 1.22. The van der Waals surface area contributed by atoms with Gasteiger partial charge in [0.2, 0.25) is 5.91 Å². The first-order chi connectivity index (χ1) is 7.49. The van der Waals surface area contributed by atoms with E-state index in [1.165, 1.54) is 6.07 Å². The zero-order chi connectivity index (χ0) is 12.1. The lowest BCUT2D eigenvalue weighted by molar-refractivity contribution is -0.121. The summed E-state index contributed by atoms with van der Waals surface area (Å²) in [7, 11) is 0. The highest BCUT2D eigenvalue weighted by Gasteiger charge is 2.07. The Hall–Kier alpha value is -1.20. The van der Waals surface area contributed by atoms with Crippen molar-refractivity contribution in [2.75, 3.05) is 0 Å². The summed E-state index contributed by atoms with van der Waals surface area (Å²) in [6.45, 7) is 1.75. The number of nitrogens with two attached hydrogens (primary N) is 1. The predicted molar refractivity (Wildman–Crippen MR) is 63.7 cm³/mol. The standard InChI is InChI=1S/C11H14F2N2O.ClH/c1-7(14)4-11(16)15-6-8-2-3-9(12)5-10(8)13;/h2-3,5,7H,4,6,14H2,1H3,(H,15,16);1H. The summed E-state index contributed by atoms with van der Waals surface area (Å²) in [5.41, 5.74) is 5.68. The van der Waals surface area contributed by atoms with E-state index in [0.717, 1.165) is 12.1 Å². The van der Waals surface area contributed by atoms with Crippen molar-refractivity contribution in [3.05, 3.63) is 35.4 Å². The summed E-state index contributed by atoms with van der Waals surface area (Å²) in [6.07, 6.45) is 0.183. The van der Waals surface area contributed by atoms with E-state index in [1.807, 2.05) is 0 Å². The molecule has 1 aromatic carbocycles. The third-order valence-electron chi connectivity index (χ3n) is 2.00. The van der Waals surface area contributed by atoms with Crippen molar-refractivity contribution in [2.24, 2.45) is 5.73 Å². The van der Waals surface area contributed by atoms with Gasteiger partial charge in [-0.2, -0.15) is 0 Å². The molecule has 17 heavy (non-hydrogen) atoms. The van der Waals surface area contributed by atoms with E-state index in [4.69, 9.17) is 5.73 Å². The van der Waals surface area contributed by atoms with Crippen LogP contribution in [0.5, 0.6) is 0 Å².